The predicted molar refractivity (Wildman–Crippen MR) is 71.5 cm³/mol. The molecular weight excluding hydrogens is 281 g/mol. The largest absolute Gasteiger partial charge is 0.392 e. The average Bonchev–Trinajstić information content (AvgIpc) is 3.00. The van der Waals surface area contributed by atoms with Crippen LogP contribution in [0.4, 0.5) is 21.7 Å². The zero-order valence-corrected chi connectivity index (χ0v) is 11.0. The van der Waals surface area contributed by atoms with Gasteiger partial charge in [-0.15, -0.1) is 6.42 Å². The first-order valence-corrected chi connectivity index (χ1v) is 6.29. The summed E-state index contributed by atoms with van der Waals surface area (Å²) < 4.78 is 18.9. The summed E-state index contributed by atoms with van der Waals surface area (Å²) in [5.74, 6) is 2.50. The number of nitrogens with zero attached hydrogens (tertiary/aromatic N) is 3. The van der Waals surface area contributed by atoms with Gasteiger partial charge < -0.3 is 30.9 Å². The highest BCUT2D eigenvalue weighted by atomic mass is 19.1. The van der Waals surface area contributed by atoms with Crippen LogP contribution in [-0.2, 0) is 4.74 Å². The van der Waals surface area contributed by atoms with Crippen LogP contribution >= 0.6 is 0 Å². The minimum atomic E-state index is -1.47. The number of ether oxygens (including phenoxy) is 1. The van der Waals surface area contributed by atoms with Crippen molar-refractivity contribution in [2.24, 2.45) is 0 Å². The number of hydrogen-bond acceptors (Lipinski definition) is 8. The predicted octanol–water partition coefficient (Wildman–Crippen LogP) is -1.14. The molecule has 0 aromatic carbocycles. The lowest BCUT2D eigenvalue weighted by molar-refractivity contribution is -0.0710. The van der Waals surface area contributed by atoms with E-state index in [0.29, 0.717) is 5.69 Å². The van der Waals surface area contributed by atoms with Crippen LogP contribution in [0.2, 0.25) is 0 Å². The number of halogens is 1. The molecule has 8 nitrogen and oxygen atoms in total. The number of aliphatic hydroxyl groups excluding tert-OH is 2. The average molecular weight is 295 g/mol. The summed E-state index contributed by atoms with van der Waals surface area (Å²) >= 11 is 0. The molecule has 3 rings (SSSR count). The molecule has 0 unspecified atom stereocenters. The zero-order valence-electron chi connectivity index (χ0n) is 11.0. The van der Waals surface area contributed by atoms with Gasteiger partial charge >= 0.3 is 6.08 Å². The Morgan fingerprint density at radius 3 is 3.00 bits per heavy atom. The van der Waals surface area contributed by atoms with Crippen molar-refractivity contribution in [1.29, 1.82) is 0 Å². The molecule has 5 N–H and O–H groups in total. The Balaban J connectivity index is 1.91. The molecule has 0 radical (unpaired) electrons. The van der Waals surface area contributed by atoms with Crippen LogP contribution in [0.1, 0.15) is 6.42 Å². The number of aliphatic hydroxyl groups is 2. The Morgan fingerprint density at radius 1 is 1.62 bits per heavy atom. The Labute approximate surface area is 119 Å². The molecule has 0 saturated carbocycles. The van der Waals surface area contributed by atoms with E-state index in [9.17, 15) is 14.6 Å². The third kappa shape index (κ3) is 1.96. The van der Waals surface area contributed by atoms with Gasteiger partial charge in [-0.2, -0.15) is 14.4 Å². The van der Waals surface area contributed by atoms with Gasteiger partial charge in [-0.25, -0.2) is 0 Å². The molecule has 21 heavy (non-hydrogen) atoms. The molecule has 3 atom stereocenters. The molecular formula is C12H14FN5O3. The standard InChI is InChI=1S/C12H14FN5O3/c1-2-12(4-19)6(20)3-7(21-12)18-5-15-8-9(14)16-11(13)17-10(8)18/h1,6-7,15,19-20H,3-5H2,(H2,14,16,17)/t6-,7+,12+/m0/s1. The quantitative estimate of drug-likeness (QED) is 0.399. The van der Waals surface area contributed by atoms with E-state index < -0.39 is 30.6 Å². The molecule has 9 heteroatoms. The smallest absolute Gasteiger partial charge is 0.312 e. The van der Waals surface area contributed by atoms with Crippen molar-refractivity contribution in [3.8, 4) is 12.3 Å². The highest BCUT2D eigenvalue weighted by molar-refractivity contribution is 5.80. The molecule has 0 bridgehead atoms. The van der Waals surface area contributed by atoms with Crippen LogP contribution in [0.5, 0.6) is 0 Å². The van der Waals surface area contributed by atoms with Crippen molar-refractivity contribution in [1.82, 2.24) is 9.97 Å². The van der Waals surface area contributed by atoms with Gasteiger partial charge in [-0.1, -0.05) is 5.92 Å². The van der Waals surface area contributed by atoms with Gasteiger partial charge in [0.2, 0.25) is 0 Å². The summed E-state index contributed by atoms with van der Waals surface area (Å²) in [5.41, 5.74) is 4.56. The third-order valence-corrected chi connectivity index (χ3v) is 3.73. The van der Waals surface area contributed by atoms with E-state index >= 15 is 0 Å². The zero-order chi connectivity index (χ0) is 15.2. The molecule has 0 spiro atoms. The molecule has 0 amide bonds. The van der Waals surface area contributed by atoms with Crippen molar-refractivity contribution in [2.45, 2.75) is 24.4 Å². The topological polar surface area (TPSA) is 117 Å². The molecule has 2 aliphatic heterocycles. The number of rotatable bonds is 2. The van der Waals surface area contributed by atoms with Gasteiger partial charge in [0.05, 0.1) is 13.3 Å². The van der Waals surface area contributed by atoms with E-state index in [0.717, 1.165) is 0 Å². The highest BCUT2D eigenvalue weighted by Crippen LogP contribution is 2.39. The van der Waals surface area contributed by atoms with Gasteiger partial charge in [0.1, 0.15) is 18.0 Å². The minimum Gasteiger partial charge on any atom is -0.392 e. The molecule has 3 heterocycles. The molecule has 112 valence electrons. The van der Waals surface area contributed by atoms with Crippen LogP contribution in [-0.4, -0.2) is 51.4 Å². The number of fused-ring (bicyclic) bond motifs is 1. The maximum Gasteiger partial charge on any atom is 0.312 e. The summed E-state index contributed by atoms with van der Waals surface area (Å²) in [5, 5.41) is 22.3. The fourth-order valence-electron chi connectivity index (χ4n) is 2.55. The number of nitrogen functional groups attached to an aromatic ring is 1. The van der Waals surface area contributed by atoms with E-state index in [-0.39, 0.29) is 24.7 Å². The summed E-state index contributed by atoms with van der Waals surface area (Å²) in [6, 6.07) is 0. The second-order valence-corrected chi connectivity index (χ2v) is 4.90. The maximum atomic E-state index is 13.3. The SMILES string of the molecule is C#C[C@]1(CO)O[C@@H](N2CNc3c(N)nc(F)nc32)C[C@@H]1O. The molecule has 2 aliphatic rings. The van der Waals surface area contributed by atoms with Gasteiger partial charge in [0.25, 0.3) is 0 Å². The maximum absolute atomic E-state index is 13.3. The Hall–Kier alpha value is -2.15. The lowest BCUT2D eigenvalue weighted by Crippen LogP contribution is -2.43. The Kier molecular flexibility index (Phi) is 3.09. The van der Waals surface area contributed by atoms with Gasteiger partial charge in [-0.05, 0) is 0 Å². The minimum absolute atomic E-state index is 0.0103. The first kappa shape index (κ1) is 13.8. The summed E-state index contributed by atoms with van der Waals surface area (Å²) in [4.78, 5) is 8.70. The summed E-state index contributed by atoms with van der Waals surface area (Å²) in [7, 11) is 0. The first-order valence-electron chi connectivity index (χ1n) is 6.29. The van der Waals surface area contributed by atoms with Crippen LogP contribution < -0.4 is 16.0 Å². The number of terminal acetylenes is 1. The van der Waals surface area contributed by atoms with E-state index in [1.54, 1.807) is 4.90 Å². The van der Waals surface area contributed by atoms with E-state index in [1.807, 2.05) is 0 Å². The van der Waals surface area contributed by atoms with Crippen molar-refractivity contribution in [3.05, 3.63) is 6.08 Å². The monoisotopic (exact) mass is 295 g/mol. The van der Waals surface area contributed by atoms with Crippen molar-refractivity contribution in [2.75, 3.05) is 29.2 Å². The molecule has 1 aromatic heterocycles. The third-order valence-electron chi connectivity index (χ3n) is 3.73. The second kappa shape index (κ2) is 4.70. The summed E-state index contributed by atoms with van der Waals surface area (Å²) in [6.07, 6.45) is 2.84. The molecule has 1 fully saturated rings. The van der Waals surface area contributed by atoms with Crippen LogP contribution in [0.25, 0.3) is 0 Å². The number of aromatic nitrogens is 2. The normalized spacial score (nSPS) is 30.9. The summed E-state index contributed by atoms with van der Waals surface area (Å²) in [6.45, 7) is -0.267. The van der Waals surface area contributed by atoms with E-state index in [4.69, 9.17) is 16.9 Å². The van der Waals surface area contributed by atoms with Gasteiger partial charge in [0.15, 0.2) is 17.2 Å². The fourth-order valence-corrected chi connectivity index (χ4v) is 2.55. The Bertz CT molecular complexity index is 622. The van der Waals surface area contributed by atoms with Crippen molar-refractivity contribution < 1.29 is 19.3 Å². The Morgan fingerprint density at radius 2 is 2.38 bits per heavy atom. The molecule has 0 aliphatic carbocycles. The molecule has 1 aromatic rings. The van der Waals surface area contributed by atoms with Crippen molar-refractivity contribution >= 4 is 17.3 Å². The number of nitrogens with two attached hydrogens (primary N) is 1. The first-order chi connectivity index (χ1) is 10.0. The van der Waals surface area contributed by atoms with E-state index in [2.05, 4.69) is 21.2 Å². The fraction of sp³-hybridized carbons (Fsp3) is 0.500. The second-order valence-electron chi connectivity index (χ2n) is 4.90. The lowest BCUT2D eigenvalue weighted by atomic mass is 9.99. The van der Waals surface area contributed by atoms with E-state index in [1.165, 1.54) is 0 Å². The van der Waals surface area contributed by atoms with Gasteiger partial charge in [-0.3, -0.25) is 0 Å². The number of nitrogens with one attached hydrogen (secondary N) is 1. The van der Waals surface area contributed by atoms with Gasteiger partial charge in [0, 0.05) is 6.42 Å². The van der Waals surface area contributed by atoms with Crippen LogP contribution in [0.3, 0.4) is 0 Å². The number of hydrogen-bond donors (Lipinski definition) is 4. The highest BCUT2D eigenvalue weighted by Gasteiger charge is 2.50. The van der Waals surface area contributed by atoms with Crippen molar-refractivity contribution in [3.63, 3.8) is 0 Å². The van der Waals surface area contributed by atoms with Crippen LogP contribution in [0.15, 0.2) is 0 Å². The number of anilines is 3. The lowest BCUT2D eigenvalue weighted by Gasteiger charge is -2.27. The molecule has 1 saturated heterocycles. The van der Waals surface area contributed by atoms with Crippen LogP contribution in [0, 0.1) is 18.4 Å².